The first-order chi connectivity index (χ1) is 8.77. The van der Waals surface area contributed by atoms with Crippen molar-refractivity contribution < 1.29 is 5.11 Å². The summed E-state index contributed by atoms with van der Waals surface area (Å²) in [7, 11) is 0. The SMILES string of the molecule is Cc1ccc2ccccc2c1C(O)c1ccsc1. The van der Waals surface area contributed by atoms with Crippen molar-refractivity contribution in [2.75, 3.05) is 0 Å². The third kappa shape index (κ3) is 1.84. The van der Waals surface area contributed by atoms with Gasteiger partial charge in [-0.15, -0.1) is 0 Å². The van der Waals surface area contributed by atoms with Gasteiger partial charge in [-0.05, 0) is 51.2 Å². The number of aliphatic hydroxyl groups excluding tert-OH is 1. The van der Waals surface area contributed by atoms with Gasteiger partial charge in [0.15, 0.2) is 0 Å². The van der Waals surface area contributed by atoms with E-state index in [2.05, 4.69) is 31.2 Å². The Balaban J connectivity index is 2.24. The first-order valence-corrected chi connectivity index (χ1v) is 6.90. The van der Waals surface area contributed by atoms with Gasteiger partial charge in [0.25, 0.3) is 0 Å². The number of hydrogen-bond donors (Lipinski definition) is 1. The van der Waals surface area contributed by atoms with Gasteiger partial charge in [-0.3, -0.25) is 0 Å². The number of thiophene rings is 1. The van der Waals surface area contributed by atoms with E-state index >= 15 is 0 Å². The Bertz CT molecular complexity index is 671. The molecular weight excluding hydrogens is 240 g/mol. The minimum atomic E-state index is -0.539. The molecule has 0 spiro atoms. The van der Waals surface area contributed by atoms with Crippen molar-refractivity contribution in [1.82, 2.24) is 0 Å². The zero-order valence-corrected chi connectivity index (χ0v) is 10.9. The van der Waals surface area contributed by atoms with E-state index in [1.807, 2.05) is 29.0 Å². The molecule has 90 valence electrons. The summed E-state index contributed by atoms with van der Waals surface area (Å²) in [6.07, 6.45) is -0.539. The quantitative estimate of drug-likeness (QED) is 0.723. The monoisotopic (exact) mass is 254 g/mol. The van der Waals surface area contributed by atoms with Crippen molar-refractivity contribution in [3.8, 4) is 0 Å². The predicted molar refractivity (Wildman–Crippen MR) is 77.1 cm³/mol. The fourth-order valence-electron chi connectivity index (χ4n) is 2.36. The number of benzene rings is 2. The second-order valence-electron chi connectivity index (χ2n) is 4.48. The zero-order valence-electron chi connectivity index (χ0n) is 10.1. The van der Waals surface area contributed by atoms with E-state index in [0.29, 0.717) is 0 Å². The normalized spacial score (nSPS) is 12.8. The summed E-state index contributed by atoms with van der Waals surface area (Å²) in [6, 6.07) is 14.4. The van der Waals surface area contributed by atoms with Gasteiger partial charge in [-0.2, -0.15) is 11.3 Å². The molecule has 0 bridgehead atoms. The molecule has 0 saturated heterocycles. The molecule has 2 heteroatoms. The second-order valence-corrected chi connectivity index (χ2v) is 5.26. The van der Waals surface area contributed by atoms with Crippen molar-refractivity contribution in [3.05, 3.63) is 69.9 Å². The number of fused-ring (bicyclic) bond motifs is 1. The molecule has 0 radical (unpaired) electrons. The molecule has 1 nitrogen and oxygen atoms in total. The molecule has 0 aliphatic carbocycles. The highest BCUT2D eigenvalue weighted by Crippen LogP contribution is 2.32. The number of rotatable bonds is 2. The van der Waals surface area contributed by atoms with Gasteiger partial charge in [0, 0.05) is 0 Å². The molecule has 0 aliphatic rings. The molecule has 0 amide bonds. The van der Waals surface area contributed by atoms with Crippen LogP contribution in [0.4, 0.5) is 0 Å². The number of aryl methyl sites for hydroxylation is 1. The smallest absolute Gasteiger partial charge is 0.106 e. The summed E-state index contributed by atoms with van der Waals surface area (Å²) in [4.78, 5) is 0. The lowest BCUT2D eigenvalue weighted by Crippen LogP contribution is -2.01. The molecule has 3 aromatic rings. The van der Waals surface area contributed by atoms with Crippen molar-refractivity contribution in [2.45, 2.75) is 13.0 Å². The van der Waals surface area contributed by atoms with E-state index < -0.39 is 6.10 Å². The van der Waals surface area contributed by atoms with Crippen LogP contribution in [0.2, 0.25) is 0 Å². The molecule has 1 N–H and O–H groups in total. The summed E-state index contributed by atoms with van der Waals surface area (Å²) in [5.74, 6) is 0. The van der Waals surface area contributed by atoms with Gasteiger partial charge in [-0.25, -0.2) is 0 Å². The Morgan fingerprint density at radius 3 is 2.67 bits per heavy atom. The lowest BCUT2D eigenvalue weighted by Gasteiger charge is -2.15. The van der Waals surface area contributed by atoms with Crippen LogP contribution in [0.25, 0.3) is 10.8 Å². The summed E-state index contributed by atoms with van der Waals surface area (Å²) < 4.78 is 0. The van der Waals surface area contributed by atoms with Crippen LogP contribution in [0.5, 0.6) is 0 Å². The van der Waals surface area contributed by atoms with Crippen LogP contribution in [0.15, 0.2) is 53.2 Å². The highest BCUT2D eigenvalue weighted by Gasteiger charge is 2.16. The summed E-state index contributed by atoms with van der Waals surface area (Å²) >= 11 is 1.61. The zero-order chi connectivity index (χ0) is 12.5. The number of hydrogen-bond acceptors (Lipinski definition) is 2. The van der Waals surface area contributed by atoms with Crippen LogP contribution < -0.4 is 0 Å². The van der Waals surface area contributed by atoms with Crippen LogP contribution in [0, 0.1) is 6.92 Å². The van der Waals surface area contributed by atoms with Crippen LogP contribution in [0.1, 0.15) is 22.8 Å². The maximum atomic E-state index is 10.6. The van der Waals surface area contributed by atoms with Gasteiger partial charge in [0.1, 0.15) is 6.10 Å². The molecule has 18 heavy (non-hydrogen) atoms. The second kappa shape index (κ2) is 4.56. The molecule has 0 aliphatic heterocycles. The Kier molecular flexibility index (Phi) is 2.90. The van der Waals surface area contributed by atoms with Gasteiger partial charge >= 0.3 is 0 Å². The Hall–Kier alpha value is -1.64. The minimum absolute atomic E-state index is 0.539. The van der Waals surface area contributed by atoms with E-state index in [4.69, 9.17) is 0 Å². The fraction of sp³-hybridized carbons (Fsp3) is 0.125. The molecule has 2 aromatic carbocycles. The highest BCUT2D eigenvalue weighted by atomic mass is 32.1. The van der Waals surface area contributed by atoms with Crippen molar-refractivity contribution in [3.63, 3.8) is 0 Å². The molecule has 0 saturated carbocycles. The molecular formula is C16H14OS. The fourth-order valence-corrected chi connectivity index (χ4v) is 3.04. The molecule has 1 atom stereocenters. The Labute approximate surface area is 110 Å². The van der Waals surface area contributed by atoms with E-state index in [1.54, 1.807) is 11.3 Å². The van der Waals surface area contributed by atoms with Gasteiger partial charge in [-0.1, -0.05) is 36.4 Å². The standard InChI is InChI=1S/C16H14OS/c1-11-6-7-12-4-2-3-5-14(12)15(11)16(17)13-8-9-18-10-13/h2-10,16-17H,1H3. The Morgan fingerprint density at radius 1 is 1.06 bits per heavy atom. The first-order valence-electron chi connectivity index (χ1n) is 5.96. The van der Waals surface area contributed by atoms with Gasteiger partial charge in [0.05, 0.1) is 0 Å². The number of aliphatic hydroxyl groups is 1. The predicted octanol–water partition coefficient (Wildman–Crippen LogP) is 4.29. The van der Waals surface area contributed by atoms with E-state index in [1.165, 1.54) is 5.39 Å². The molecule has 3 rings (SSSR count). The van der Waals surface area contributed by atoms with E-state index in [9.17, 15) is 5.11 Å². The van der Waals surface area contributed by atoms with Crippen molar-refractivity contribution in [1.29, 1.82) is 0 Å². The van der Waals surface area contributed by atoms with Gasteiger partial charge in [0.2, 0.25) is 0 Å². The average Bonchev–Trinajstić information content (AvgIpc) is 2.92. The molecule has 0 fully saturated rings. The first kappa shape index (κ1) is 11.5. The largest absolute Gasteiger partial charge is 0.384 e. The maximum Gasteiger partial charge on any atom is 0.106 e. The minimum Gasteiger partial charge on any atom is -0.384 e. The van der Waals surface area contributed by atoms with Crippen LogP contribution in [-0.2, 0) is 0 Å². The van der Waals surface area contributed by atoms with Gasteiger partial charge < -0.3 is 5.11 Å². The summed E-state index contributed by atoms with van der Waals surface area (Å²) in [5, 5.41) is 16.9. The third-order valence-corrected chi connectivity index (χ3v) is 4.02. The van der Waals surface area contributed by atoms with E-state index in [-0.39, 0.29) is 0 Å². The van der Waals surface area contributed by atoms with Crippen LogP contribution in [0.3, 0.4) is 0 Å². The molecule has 1 unspecified atom stereocenters. The van der Waals surface area contributed by atoms with E-state index in [0.717, 1.165) is 22.1 Å². The lowest BCUT2D eigenvalue weighted by atomic mass is 9.93. The molecule has 1 aromatic heterocycles. The van der Waals surface area contributed by atoms with Crippen molar-refractivity contribution >= 4 is 22.1 Å². The Morgan fingerprint density at radius 2 is 1.89 bits per heavy atom. The maximum absolute atomic E-state index is 10.6. The topological polar surface area (TPSA) is 20.2 Å². The van der Waals surface area contributed by atoms with Crippen LogP contribution >= 0.6 is 11.3 Å². The summed E-state index contributed by atoms with van der Waals surface area (Å²) in [6.45, 7) is 2.05. The highest BCUT2D eigenvalue weighted by molar-refractivity contribution is 7.08. The summed E-state index contributed by atoms with van der Waals surface area (Å²) in [5.41, 5.74) is 3.12. The van der Waals surface area contributed by atoms with Crippen LogP contribution in [-0.4, -0.2) is 5.11 Å². The van der Waals surface area contributed by atoms with Crippen molar-refractivity contribution in [2.24, 2.45) is 0 Å². The lowest BCUT2D eigenvalue weighted by molar-refractivity contribution is 0.221. The average molecular weight is 254 g/mol. The third-order valence-electron chi connectivity index (χ3n) is 3.32. The molecule has 1 heterocycles.